The maximum Gasteiger partial charge on any atom is 0.169 e. The summed E-state index contributed by atoms with van der Waals surface area (Å²) in [6.45, 7) is 0.388. The van der Waals surface area contributed by atoms with Crippen molar-refractivity contribution in [2.75, 3.05) is 13.2 Å². The molecule has 1 spiro atoms. The molecule has 2 aromatic rings. The zero-order valence-electron chi connectivity index (χ0n) is 11.8. The number of amidine groups is 1. The first-order valence-corrected chi connectivity index (χ1v) is 7.72. The Balaban J connectivity index is 2.08. The first-order chi connectivity index (χ1) is 11.0. The average Bonchev–Trinajstić information content (AvgIpc) is 2.50. The molecule has 0 saturated carbocycles. The third kappa shape index (κ3) is 2.11. The van der Waals surface area contributed by atoms with Gasteiger partial charge in [0.05, 0.1) is 6.61 Å². The van der Waals surface area contributed by atoms with E-state index < -0.39 is 11.4 Å². The number of aromatic hydroxyl groups is 1. The highest BCUT2D eigenvalue weighted by Gasteiger charge is 2.46. The number of phenolic OH excluding ortho intramolecular Hbond substituents is 1. The molecule has 2 heterocycles. The van der Waals surface area contributed by atoms with Crippen LogP contribution in [0.1, 0.15) is 11.1 Å². The Hall–Kier alpha value is -2.12. The van der Waals surface area contributed by atoms with Gasteiger partial charge >= 0.3 is 0 Å². The Labute approximate surface area is 139 Å². The van der Waals surface area contributed by atoms with Crippen LogP contribution < -0.4 is 10.5 Å². The molecule has 2 aliphatic heterocycles. The molecule has 0 aromatic heterocycles. The van der Waals surface area contributed by atoms with E-state index in [1.165, 1.54) is 12.1 Å². The molecule has 0 aliphatic carbocycles. The molecule has 1 atom stereocenters. The van der Waals surface area contributed by atoms with E-state index >= 15 is 0 Å². The lowest BCUT2D eigenvalue weighted by atomic mass is 9.80. The third-order valence-corrected chi connectivity index (χ3v) is 4.43. The molecule has 23 heavy (non-hydrogen) atoms. The minimum absolute atomic E-state index is 0.0602. The zero-order chi connectivity index (χ0) is 16.2. The quantitative estimate of drug-likeness (QED) is 0.738. The molecule has 0 bridgehead atoms. The third-order valence-electron chi connectivity index (χ3n) is 3.97. The van der Waals surface area contributed by atoms with Crippen LogP contribution in [0.3, 0.4) is 0 Å². The van der Waals surface area contributed by atoms with Crippen molar-refractivity contribution in [2.45, 2.75) is 5.54 Å². The van der Waals surface area contributed by atoms with Crippen molar-refractivity contribution in [3.63, 3.8) is 0 Å². The summed E-state index contributed by atoms with van der Waals surface area (Å²) in [4.78, 5) is 4.57. The van der Waals surface area contributed by atoms with Gasteiger partial charge < -0.3 is 20.3 Å². The van der Waals surface area contributed by atoms with E-state index in [2.05, 4.69) is 20.9 Å². The van der Waals surface area contributed by atoms with E-state index in [9.17, 15) is 9.50 Å². The molecule has 7 heteroatoms. The summed E-state index contributed by atoms with van der Waals surface area (Å²) in [6, 6.07) is 7.66. The van der Waals surface area contributed by atoms with E-state index in [0.29, 0.717) is 27.2 Å². The molecule has 0 saturated heterocycles. The Bertz CT molecular complexity index is 855. The van der Waals surface area contributed by atoms with Gasteiger partial charge in [-0.05, 0) is 30.3 Å². The van der Waals surface area contributed by atoms with Crippen LogP contribution in [0.4, 0.5) is 4.39 Å². The lowest BCUT2D eigenvalue weighted by Crippen LogP contribution is -2.42. The number of ether oxygens (including phenoxy) is 2. The number of nitrogens with two attached hydrogens (primary N) is 1. The highest BCUT2D eigenvalue weighted by molar-refractivity contribution is 9.10. The Kier molecular flexibility index (Phi) is 3.11. The molecule has 0 amide bonds. The van der Waals surface area contributed by atoms with Gasteiger partial charge in [-0.25, -0.2) is 4.39 Å². The second kappa shape index (κ2) is 4.94. The van der Waals surface area contributed by atoms with Crippen LogP contribution in [0, 0.1) is 5.82 Å². The van der Waals surface area contributed by atoms with Gasteiger partial charge in [0.25, 0.3) is 0 Å². The normalized spacial score (nSPS) is 22.1. The van der Waals surface area contributed by atoms with Crippen molar-refractivity contribution in [3.8, 4) is 17.2 Å². The number of rotatable bonds is 0. The summed E-state index contributed by atoms with van der Waals surface area (Å²) in [5.74, 6) is 0.364. The van der Waals surface area contributed by atoms with Gasteiger partial charge in [0, 0.05) is 15.6 Å². The lowest BCUT2D eigenvalue weighted by molar-refractivity contribution is 0.109. The van der Waals surface area contributed by atoms with Gasteiger partial charge in [-0.2, -0.15) is 0 Å². The summed E-state index contributed by atoms with van der Waals surface area (Å²) in [5, 5.41) is 9.87. The minimum Gasteiger partial charge on any atom is -0.508 e. The summed E-state index contributed by atoms with van der Waals surface area (Å²) in [7, 11) is 0. The van der Waals surface area contributed by atoms with Crippen molar-refractivity contribution in [1.29, 1.82) is 0 Å². The second-order valence-corrected chi connectivity index (χ2v) is 6.42. The van der Waals surface area contributed by atoms with Gasteiger partial charge in [0.15, 0.2) is 11.6 Å². The fraction of sp³-hybridized carbons (Fsp3) is 0.188. The average molecular weight is 379 g/mol. The Morgan fingerprint density at radius 1 is 1.26 bits per heavy atom. The predicted molar refractivity (Wildman–Crippen MR) is 85.5 cm³/mol. The maximum atomic E-state index is 14.4. The second-order valence-electron chi connectivity index (χ2n) is 5.50. The van der Waals surface area contributed by atoms with Crippen LogP contribution in [0.15, 0.2) is 39.8 Å². The van der Waals surface area contributed by atoms with Crippen molar-refractivity contribution < 1.29 is 19.0 Å². The number of halogens is 2. The van der Waals surface area contributed by atoms with Crippen LogP contribution in [0.25, 0.3) is 0 Å². The summed E-state index contributed by atoms with van der Waals surface area (Å²) in [6.07, 6.45) is 0. The molecule has 118 valence electrons. The molecule has 1 unspecified atom stereocenters. The highest BCUT2D eigenvalue weighted by atomic mass is 79.9. The molecule has 3 N–H and O–H groups in total. The highest BCUT2D eigenvalue weighted by Crippen LogP contribution is 2.52. The number of nitrogens with zero attached hydrogens (tertiary/aromatic N) is 1. The fourth-order valence-electron chi connectivity index (χ4n) is 3.05. The van der Waals surface area contributed by atoms with Gasteiger partial charge in [-0.1, -0.05) is 15.9 Å². The monoisotopic (exact) mass is 378 g/mol. The first-order valence-electron chi connectivity index (χ1n) is 6.92. The fourth-order valence-corrected chi connectivity index (χ4v) is 3.48. The van der Waals surface area contributed by atoms with E-state index in [1.54, 1.807) is 18.2 Å². The van der Waals surface area contributed by atoms with Crippen molar-refractivity contribution in [2.24, 2.45) is 10.7 Å². The lowest BCUT2D eigenvalue weighted by Gasteiger charge is -2.39. The van der Waals surface area contributed by atoms with Crippen LogP contribution in [0.5, 0.6) is 17.2 Å². The molecule has 5 nitrogen and oxygen atoms in total. The van der Waals surface area contributed by atoms with E-state index in [0.717, 1.165) is 0 Å². The molecule has 0 radical (unpaired) electrons. The van der Waals surface area contributed by atoms with Crippen LogP contribution >= 0.6 is 15.9 Å². The molecule has 0 fully saturated rings. The number of hydrogen-bond donors (Lipinski definition) is 2. The Morgan fingerprint density at radius 3 is 2.87 bits per heavy atom. The summed E-state index contributed by atoms with van der Waals surface area (Å²) >= 11 is 3.30. The van der Waals surface area contributed by atoms with Gasteiger partial charge in [0.2, 0.25) is 0 Å². The number of hydrogen-bond acceptors (Lipinski definition) is 5. The predicted octanol–water partition coefficient (Wildman–Crippen LogP) is 3.03. The Morgan fingerprint density at radius 2 is 2.09 bits per heavy atom. The standard InChI is InChI=1S/C16H12BrFN2O3/c17-8-3-11-15(12(18)4-8)23-13-2-1-9(21)5-10(13)16(11)7-22-6-14(19)20-16/h1-5,21H,6-7H2,(H2,19,20). The van der Waals surface area contributed by atoms with Crippen molar-refractivity contribution in [1.82, 2.24) is 0 Å². The van der Waals surface area contributed by atoms with Crippen LogP contribution in [-0.2, 0) is 10.3 Å². The smallest absolute Gasteiger partial charge is 0.169 e. The maximum absolute atomic E-state index is 14.4. The van der Waals surface area contributed by atoms with E-state index in [1.807, 2.05) is 0 Å². The summed E-state index contributed by atoms with van der Waals surface area (Å²) in [5.41, 5.74) is 5.93. The van der Waals surface area contributed by atoms with Gasteiger partial charge in [-0.3, -0.25) is 4.99 Å². The number of phenols is 1. The van der Waals surface area contributed by atoms with E-state index in [4.69, 9.17) is 15.2 Å². The zero-order valence-corrected chi connectivity index (χ0v) is 13.4. The number of fused-ring (bicyclic) bond motifs is 4. The van der Waals surface area contributed by atoms with E-state index in [-0.39, 0.29) is 24.7 Å². The van der Waals surface area contributed by atoms with Crippen LogP contribution in [0.2, 0.25) is 0 Å². The SMILES string of the molecule is NC1=NC2(COC1)c1cc(O)ccc1Oc1c(F)cc(Br)cc12. The largest absolute Gasteiger partial charge is 0.508 e. The topological polar surface area (TPSA) is 77.1 Å². The van der Waals surface area contributed by atoms with Gasteiger partial charge in [0.1, 0.15) is 29.5 Å². The summed E-state index contributed by atoms with van der Waals surface area (Å²) < 4.78 is 26.3. The molecule has 2 aromatic carbocycles. The van der Waals surface area contributed by atoms with Crippen molar-refractivity contribution in [3.05, 3.63) is 51.7 Å². The molecule has 2 aliphatic rings. The number of aliphatic imine (C=N–C) groups is 1. The minimum atomic E-state index is -1.05. The molecular weight excluding hydrogens is 367 g/mol. The van der Waals surface area contributed by atoms with Crippen molar-refractivity contribution >= 4 is 21.8 Å². The first kappa shape index (κ1) is 14.5. The van der Waals surface area contributed by atoms with Crippen LogP contribution in [-0.4, -0.2) is 24.2 Å². The number of benzene rings is 2. The van der Waals surface area contributed by atoms with Gasteiger partial charge in [-0.15, -0.1) is 0 Å². The molecule has 4 rings (SSSR count). The molecular formula is C16H12BrFN2O3.